The van der Waals surface area contributed by atoms with E-state index in [1.807, 2.05) is 0 Å². The largest absolute Gasteiger partial charge is 0.462 e. The molecule has 0 aromatic heterocycles. The second-order valence-electron chi connectivity index (χ2n) is 8.69. The summed E-state index contributed by atoms with van der Waals surface area (Å²) in [6.07, 6.45) is 13.8. The SMILES string of the molecule is CCCCCCCCCCCCCOC(=O)c1ccccc1C(=O)OCCc1ccccc1F. The van der Waals surface area contributed by atoms with E-state index in [0.717, 1.165) is 19.3 Å². The minimum atomic E-state index is -0.612. The lowest BCUT2D eigenvalue weighted by Crippen LogP contribution is -2.15. The number of hydrogen-bond acceptors (Lipinski definition) is 4. The molecule has 5 heteroatoms. The smallest absolute Gasteiger partial charge is 0.339 e. The minimum Gasteiger partial charge on any atom is -0.462 e. The van der Waals surface area contributed by atoms with E-state index < -0.39 is 11.9 Å². The third-order valence-corrected chi connectivity index (χ3v) is 5.91. The lowest BCUT2D eigenvalue weighted by Gasteiger charge is -2.10. The third-order valence-electron chi connectivity index (χ3n) is 5.91. The van der Waals surface area contributed by atoms with E-state index >= 15 is 0 Å². The monoisotopic (exact) mass is 470 g/mol. The van der Waals surface area contributed by atoms with Gasteiger partial charge in [-0.15, -0.1) is 0 Å². The molecule has 2 aromatic rings. The number of unbranched alkanes of at least 4 members (excludes halogenated alkanes) is 10. The molecule has 0 fully saturated rings. The van der Waals surface area contributed by atoms with Gasteiger partial charge >= 0.3 is 11.9 Å². The van der Waals surface area contributed by atoms with Crippen molar-refractivity contribution in [2.45, 2.75) is 84.0 Å². The van der Waals surface area contributed by atoms with E-state index in [-0.39, 0.29) is 30.0 Å². The summed E-state index contributed by atoms with van der Waals surface area (Å²) in [7, 11) is 0. The fourth-order valence-corrected chi connectivity index (χ4v) is 3.88. The molecule has 0 spiro atoms. The number of esters is 2. The molecule has 0 heterocycles. The van der Waals surface area contributed by atoms with Crippen molar-refractivity contribution in [3.63, 3.8) is 0 Å². The van der Waals surface area contributed by atoms with Crippen LogP contribution in [0.25, 0.3) is 0 Å². The van der Waals surface area contributed by atoms with Crippen LogP contribution in [0.15, 0.2) is 48.5 Å². The molecule has 0 N–H and O–H groups in total. The van der Waals surface area contributed by atoms with Gasteiger partial charge < -0.3 is 9.47 Å². The minimum absolute atomic E-state index is 0.0297. The Morgan fingerprint density at radius 1 is 0.647 bits per heavy atom. The highest BCUT2D eigenvalue weighted by Crippen LogP contribution is 2.15. The highest BCUT2D eigenvalue weighted by Gasteiger charge is 2.19. The number of carbonyl (C=O) groups is 2. The van der Waals surface area contributed by atoms with Crippen molar-refractivity contribution >= 4 is 11.9 Å². The Labute approximate surface area is 203 Å². The third kappa shape index (κ3) is 10.5. The fraction of sp³-hybridized carbons (Fsp3) is 0.517. The van der Waals surface area contributed by atoms with Crippen molar-refractivity contribution in [3.8, 4) is 0 Å². The van der Waals surface area contributed by atoms with Crippen LogP contribution in [0.3, 0.4) is 0 Å². The number of benzene rings is 2. The van der Waals surface area contributed by atoms with Crippen LogP contribution < -0.4 is 0 Å². The van der Waals surface area contributed by atoms with E-state index in [1.54, 1.807) is 42.5 Å². The lowest BCUT2D eigenvalue weighted by molar-refractivity contribution is 0.0455. The molecular formula is C29H39FO4. The first-order chi connectivity index (χ1) is 16.6. The summed E-state index contributed by atoms with van der Waals surface area (Å²) in [5, 5.41) is 0. The molecule has 186 valence electrons. The molecule has 0 bridgehead atoms. The first kappa shape index (κ1) is 27.6. The quantitative estimate of drug-likeness (QED) is 0.176. The predicted molar refractivity (Wildman–Crippen MR) is 134 cm³/mol. The molecule has 0 unspecified atom stereocenters. The summed E-state index contributed by atoms with van der Waals surface area (Å²) >= 11 is 0. The Kier molecular flexibility index (Phi) is 13.7. The lowest BCUT2D eigenvalue weighted by atomic mass is 10.1. The molecule has 0 radical (unpaired) electrons. The van der Waals surface area contributed by atoms with Gasteiger partial charge in [0.2, 0.25) is 0 Å². The summed E-state index contributed by atoms with van der Waals surface area (Å²) in [5.74, 6) is -1.46. The summed E-state index contributed by atoms with van der Waals surface area (Å²) in [6.45, 7) is 2.61. The second kappa shape index (κ2) is 16.9. The van der Waals surface area contributed by atoms with Gasteiger partial charge in [0, 0.05) is 6.42 Å². The average molecular weight is 471 g/mol. The maximum absolute atomic E-state index is 13.7. The molecule has 0 aliphatic heterocycles. The van der Waals surface area contributed by atoms with Crippen molar-refractivity contribution in [2.75, 3.05) is 13.2 Å². The maximum atomic E-state index is 13.7. The topological polar surface area (TPSA) is 52.6 Å². The van der Waals surface area contributed by atoms with Gasteiger partial charge in [0.15, 0.2) is 0 Å². The van der Waals surface area contributed by atoms with Crippen LogP contribution in [0, 0.1) is 5.82 Å². The van der Waals surface area contributed by atoms with Gasteiger partial charge in [-0.1, -0.05) is 101 Å². The summed E-state index contributed by atoms with van der Waals surface area (Å²) < 4.78 is 24.4. The fourth-order valence-electron chi connectivity index (χ4n) is 3.88. The van der Waals surface area contributed by atoms with Crippen LogP contribution in [-0.4, -0.2) is 25.2 Å². The average Bonchev–Trinajstić information content (AvgIpc) is 2.85. The summed E-state index contributed by atoms with van der Waals surface area (Å²) in [4.78, 5) is 25.0. The Morgan fingerprint density at radius 3 is 1.68 bits per heavy atom. The van der Waals surface area contributed by atoms with Crippen molar-refractivity contribution < 1.29 is 23.5 Å². The van der Waals surface area contributed by atoms with Gasteiger partial charge in [-0.05, 0) is 30.2 Å². The number of ether oxygens (including phenoxy) is 2. The van der Waals surface area contributed by atoms with E-state index in [2.05, 4.69) is 6.92 Å². The van der Waals surface area contributed by atoms with E-state index in [4.69, 9.17) is 9.47 Å². The van der Waals surface area contributed by atoms with Gasteiger partial charge in [-0.25, -0.2) is 14.0 Å². The molecule has 2 aromatic carbocycles. The standard InChI is InChI=1S/C29H39FO4/c1-2-3-4-5-6-7-8-9-10-11-16-22-33-28(31)25-18-13-14-19-26(25)29(32)34-23-21-24-17-12-15-20-27(24)30/h12-15,17-20H,2-11,16,21-23H2,1H3. The zero-order valence-corrected chi connectivity index (χ0v) is 20.5. The highest BCUT2D eigenvalue weighted by molar-refractivity contribution is 6.03. The Morgan fingerprint density at radius 2 is 1.12 bits per heavy atom. The van der Waals surface area contributed by atoms with Gasteiger partial charge in [0.1, 0.15) is 5.82 Å². The molecule has 0 aliphatic carbocycles. The molecule has 34 heavy (non-hydrogen) atoms. The summed E-state index contributed by atoms with van der Waals surface area (Å²) in [5.41, 5.74) is 0.844. The molecule has 0 saturated heterocycles. The zero-order chi connectivity index (χ0) is 24.4. The van der Waals surface area contributed by atoms with Crippen molar-refractivity contribution in [3.05, 3.63) is 71.0 Å². The molecule has 0 amide bonds. The van der Waals surface area contributed by atoms with E-state index in [1.165, 1.54) is 57.4 Å². The van der Waals surface area contributed by atoms with Crippen LogP contribution in [0.2, 0.25) is 0 Å². The summed E-state index contributed by atoms with van der Waals surface area (Å²) in [6, 6.07) is 12.9. The Hall–Kier alpha value is -2.69. The van der Waals surface area contributed by atoms with Crippen LogP contribution >= 0.6 is 0 Å². The number of rotatable bonds is 17. The maximum Gasteiger partial charge on any atom is 0.339 e. The molecule has 0 aliphatic rings. The van der Waals surface area contributed by atoms with Crippen LogP contribution in [0.4, 0.5) is 4.39 Å². The first-order valence-electron chi connectivity index (χ1n) is 12.8. The molecule has 4 nitrogen and oxygen atoms in total. The highest BCUT2D eigenvalue weighted by atomic mass is 19.1. The van der Waals surface area contributed by atoms with E-state index in [9.17, 15) is 14.0 Å². The molecule has 0 atom stereocenters. The Bertz CT molecular complexity index is 865. The zero-order valence-electron chi connectivity index (χ0n) is 20.5. The van der Waals surface area contributed by atoms with Gasteiger partial charge in [0.05, 0.1) is 24.3 Å². The number of halogens is 1. The van der Waals surface area contributed by atoms with Gasteiger partial charge in [-0.3, -0.25) is 0 Å². The first-order valence-corrected chi connectivity index (χ1v) is 12.8. The van der Waals surface area contributed by atoms with Crippen LogP contribution in [0.5, 0.6) is 0 Å². The van der Waals surface area contributed by atoms with Gasteiger partial charge in [-0.2, -0.15) is 0 Å². The van der Waals surface area contributed by atoms with Crippen molar-refractivity contribution in [2.24, 2.45) is 0 Å². The van der Waals surface area contributed by atoms with Crippen LogP contribution in [0.1, 0.15) is 104 Å². The van der Waals surface area contributed by atoms with Crippen LogP contribution in [-0.2, 0) is 15.9 Å². The van der Waals surface area contributed by atoms with Crippen molar-refractivity contribution in [1.29, 1.82) is 0 Å². The number of hydrogen-bond donors (Lipinski definition) is 0. The van der Waals surface area contributed by atoms with Crippen molar-refractivity contribution in [1.82, 2.24) is 0 Å². The molecule has 2 rings (SSSR count). The van der Waals surface area contributed by atoms with E-state index in [0.29, 0.717) is 12.2 Å². The molecule has 0 saturated carbocycles. The second-order valence-corrected chi connectivity index (χ2v) is 8.69. The number of carbonyl (C=O) groups excluding carboxylic acids is 2. The predicted octanol–water partition coefficient (Wildman–Crippen LogP) is 7.69. The molecular weight excluding hydrogens is 431 g/mol. The Balaban J connectivity index is 1.64. The normalized spacial score (nSPS) is 10.8. The van der Waals surface area contributed by atoms with Gasteiger partial charge in [0.25, 0.3) is 0 Å².